The predicted molar refractivity (Wildman–Crippen MR) is 147 cm³/mol. The SMILES string of the molecule is COc1ccc(N(CC(=O)N/N=C\c2cc(Br)c(OCc3ccc(C)cc3)c(OC)c2)S(C)(=O)=O)cc1. The molecule has 11 heteroatoms. The van der Waals surface area contributed by atoms with Gasteiger partial charge in [-0.05, 0) is 70.4 Å². The molecule has 0 aliphatic carbocycles. The van der Waals surface area contributed by atoms with Crippen LogP contribution >= 0.6 is 15.9 Å². The van der Waals surface area contributed by atoms with E-state index in [4.69, 9.17) is 14.2 Å². The maximum absolute atomic E-state index is 12.5. The Morgan fingerprint density at radius 2 is 1.73 bits per heavy atom. The number of ether oxygens (including phenoxy) is 3. The van der Waals surface area contributed by atoms with Crippen LogP contribution in [0, 0.1) is 6.92 Å². The topological polar surface area (TPSA) is 107 Å². The van der Waals surface area contributed by atoms with Crippen molar-refractivity contribution < 1.29 is 27.4 Å². The summed E-state index contributed by atoms with van der Waals surface area (Å²) in [7, 11) is -0.675. The van der Waals surface area contributed by atoms with Gasteiger partial charge < -0.3 is 14.2 Å². The first-order chi connectivity index (χ1) is 17.6. The van der Waals surface area contributed by atoms with Gasteiger partial charge in [-0.3, -0.25) is 9.10 Å². The van der Waals surface area contributed by atoms with Gasteiger partial charge in [-0.2, -0.15) is 5.10 Å². The second kappa shape index (κ2) is 12.6. The van der Waals surface area contributed by atoms with E-state index in [-0.39, 0.29) is 0 Å². The number of methoxy groups -OCH3 is 2. The Hall–Kier alpha value is -3.57. The van der Waals surface area contributed by atoms with E-state index in [9.17, 15) is 13.2 Å². The van der Waals surface area contributed by atoms with Crippen molar-refractivity contribution in [3.63, 3.8) is 0 Å². The van der Waals surface area contributed by atoms with E-state index in [0.29, 0.717) is 39.6 Å². The van der Waals surface area contributed by atoms with E-state index in [0.717, 1.165) is 16.1 Å². The van der Waals surface area contributed by atoms with Crippen molar-refractivity contribution >= 4 is 43.8 Å². The summed E-state index contributed by atoms with van der Waals surface area (Å²) < 4.78 is 42.7. The van der Waals surface area contributed by atoms with Crippen LogP contribution in [0.5, 0.6) is 17.2 Å². The second-order valence-corrected chi connectivity index (χ2v) is 10.8. The monoisotopic (exact) mass is 589 g/mol. The Morgan fingerprint density at radius 1 is 1.05 bits per heavy atom. The van der Waals surface area contributed by atoms with Crippen LogP contribution in [0.15, 0.2) is 70.2 Å². The van der Waals surface area contributed by atoms with E-state index in [1.54, 1.807) is 36.4 Å². The zero-order valence-electron chi connectivity index (χ0n) is 20.9. The number of carbonyl (C=O) groups excluding carboxylic acids is 1. The molecule has 0 aliphatic rings. The van der Waals surface area contributed by atoms with Gasteiger partial charge in [0.1, 0.15) is 18.9 Å². The standard InChI is InChI=1S/C26H28BrN3O6S/c1-18-5-7-19(8-6-18)17-36-26-23(27)13-20(14-24(26)35-3)15-28-29-25(31)16-30(37(4,32)33)21-9-11-22(34-2)12-10-21/h5-15H,16-17H2,1-4H3,(H,29,31)/b28-15-. The summed E-state index contributed by atoms with van der Waals surface area (Å²) in [5.41, 5.74) is 5.51. The molecule has 0 fully saturated rings. The number of halogens is 1. The molecule has 0 radical (unpaired) electrons. The van der Waals surface area contributed by atoms with Gasteiger partial charge in [0.15, 0.2) is 11.5 Å². The van der Waals surface area contributed by atoms with Crippen molar-refractivity contribution in [3.05, 3.63) is 81.8 Å². The lowest BCUT2D eigenvalue weighted by Crippen LogP contribution is -2.39. The molecule has 37 heavy (non-hydrogen) atoms. The molecule has 0 aliphatic heterocycles. The molecule has 0 aromatic heterocycles. The number of carbonyl (C=O) groups is 1. The summed E-state index contributed by atoms with van der Waals surface area (Å²) >= 11 is 3.50. The maximum Gasteiger partial charge on any atom is 0.260 e. The minimum Gasteiger partial charge on any atom is -0.497 e. The fourth-order valence-electron chi connectivity index (χ4n) is 3.29. The average molecular weight is 590 g/mol. The minimum atomic E-state index is -3.71. The molecule has 1 amide bonds. The molecule has 3 rings (SSSR count). The van der Waals surface area contributed by atoms with Crippen LogP contribution in [-0.4, -0.2) is 47.6 Å². The molecule has 0 saturated carbocycles. The summed E-state index contributed by atoms with van der Waals surface area (Å²) in [4.78, 5) is 12.5. The Bertz CT molecular complexity index is 1360. The Morgan fingerprint density at radius 3 is 2.32 bits per heavy atom. The third-order valence-corrected chi connectivity index (χ3v) is 6.94. The van der Waals surface area contributed by atoms with Gasteiger partial charge in [-0.1, -0.05) is 29.8 Å². The van der Waals surface area contributed by atoms with Gasteiger partial charge in [-0.25, -0.2) is 13.8 Å². The molecule has 9 nitrogen and oxygen atoms in total. The minimum absolute atomic E-state index is 0.331. The lowest BCUT2D eigenvalue weighted by molar-refractivity contribution is -0.119. The van der Waals surface area contributed by atoms with Gasteiger partial charge in [0.25, 0.3) is 5.91 Å². The summed E-state index contributed by atoms with van der Waals surface area (Å²) in [6.45, 7) is 1.95. The number of hydrazone groups is 1. The highest BCUT2D eigenvalue weighted by Gasteiger charge is 2.21. The van der Waals surface area contributed by atoms with Crippen molar-refractivity contribution in [2.75, 3.05) is 31.3 Å². The molecule has 1 N–H and O–H groups in total. The average Bonchev–Trinajstić information content (AvgIpc) is 2.87. The van der Waals surface area contributed by atoms with E-state index < -0.39 is 22.5 Å². The number of nitrogens with zero attached hydrogens (tertiary/aromatic N) is 2. The number of hydrogen-bond acceptors (Lipinski definition) is 7. The number of hydrogen-bond donors (Lipinski definition) is 1. The largest absolute Gasteiger partial charge is 0.497 e. The van der Waals surface area contributed by atoms with E-state index in [1.807, 2.05) is 31.2 Å². The Labute approximate surface area is 225 Å². The molecule has 0 bridgehead atoms. The summed E-state index contributed by atoms with van der Waals surface area (Å²) in [5.74, 6) is 0.977. The molecular weight excluding hydrogens is 562 g/mol. The number of amides is 1. The highest BCUT2D eigenvalue weighted by atomic mass is 79.9. The number of sulfonamides is 1. The molecule has 196 valence electrons. The quantitative estimate of drug-likeness (QED) is 0.264. The van der Waals surface area contributed by atoms with Crippen LogP contribution in [-0.2, 0) is 21.4 Å². The predicted octanol–water partition coefficient (Wildman–Crippen LogP) is 4.27. The normalized spacial score (nSPS) is 11.3. The van der Waals surface area contributed by atoms with Gasteiger partial charge >= 0.3 is 0 Å². The van der Waals surface area contributed by atoms with Gasteiger partial charge in [0.05, 0.1) is 36.9 Å². The van der Waals surface area contributed by atoms with Crippen molar-refractivity contribution in [1.82, 2.24) is 5.43 Å². The van der Waals surface area contributed by atoms with Crippen LogP contribution in [0.2, 0.25) is 0 Å². The molecule has 3 aromatic rings. The van der Waals surface area contributed by atoms with Crippen LogP contribution < -0.4 is 23.9 Å². The fraction of sp³-hybridized carbons (Fsp3) is 0.231. The number of rotatable bonds is 11. The lowest BCUT2D eigenvalue weighted by Gasteiger charge is -2.21. The van der Waals surface area contributed by atoms with Gasteiger partial charge in [-0.15, -0.1) is 0 Å². The van der Waals surface area contributed by atoms with Crippen LogP contribution in [0.3, 0.4) is 0 Å². The highest BCUT2D eigenvalue weighted by molar-refractivity contribution is 9.10. The number of anilines is 1. The summed E-state index contributed by atoms with van der Waals surface area (Å²) in [5, 5.41) is 3.96. The maximum atomic E-state index is 12.5. The molecule has 0 saturated heterocycles. The molecule has 0 atom stereocenters. The van der Waals surface area contributed by atoms with E-state index in [1.165, 1.54) is 26.0 Å². The third kappa shape index (κ3) is 7.96. The zero-order valence-corrected chi connectivity index (χ0v) is 23.3. The Balaban J connectivity index is 1.66. The fourth-order valence-corrected chi connectivity index (χ4v) is 4.72. The summed E-state index contributed by atoms with van der Waals surface area (Å²) in [6.07, 6.45) is 2.45. The second-order valence-electron chi connectivity index (χ2n) is 8.07. The van der Waals surface area contributed by atoms with Crippen molar-refractivity contribution in [1.29, 1.82) is 0 Å². The van der Waals surface area contributed by atoms with E-state index in [2.05, 4.69) is 26.5 Å². The lowest BCUT2D eigenvalue weighted by atomic mass is 10.2. The molecule has 3 aromatic carbocycles. The molecule has 0 spiro atoms. The molecular formula is C26H28BrN3O6S. The van der Waals surface area contributed by atoms with Crippen molar-refractivity contribution in [2.45, 2.75) is 13.5 Å². The van der Waals surface area contributed by atoms with Crippen molar-refractivity contribution in [2.24, 2.45) is 5.10 Å². The third-order valence-electron chi connectivity index (χ3n) is 5.21. The smallest absolute Gasteiger partial charge is 0.260 e. The highest BCUT2D eigenvalue weighted by Crippen LogP contribution is 2.37. The van der Waals surface area contributed by atoms with Crippen LogP contribution in [0.25, 0.3) is 0 Å². The van der Waals surface area contributed by atoms with Crippen LogP contribution in [0.1, 0.15) is 16.7 Å². The first kappa shape index (κ1) is 28.0. The summed E-state index contributed by atoms with van der Waals surface area (Å²) in [6, 6.07) is 17.9. The van der Waals surface area contributed by atoms with Gasteiger partial charge in [0, 0.05) is 0 Å². The van der Waals surface area contributed by atoms with Crippen molar-refractivity contribution in [3.8, 4) is 17.2 Å². The van der Waals surface area contributed by atoms with E-state index >= 15 is 0 Å². The zero-order chi connectivity index (χ0) is 27.0. The molecule has 0 unspecified atom stereocenters. The molecule has 0 heterocycles. The Kier molecular flexibility index (Phi) is 9.54. The number of nitrogens with one attached hydrogen (secondary N) is 1. The first-order valence-electron chi connectivity index (χ1n) is 11.1. The van der Waals surface area contributed by atoms with Crippen LogP contribution in [0.4, 0.5) is 5.69 Å². The van der Waals surface area contributed by atoms with Gasteiger partial charge in [0.2, 0.25) is 10.0 Å². The number of benzene rings is 3. The number of aryl methyl sites for hydroxylation is 1. The first-order valence-corrected chi connectivity index (χ1v) is 13.7.